The predicted octanol–water partition coefficient (Wildman–Crippen LogP) is 2.13. The van der Waals surface area contributed by atoms with E-state index in [0.717, 1.165) is 0 Å². The molecule has 3 rings (SSSR count). The molecule has 1 atom stereocenters. The van der Waals surface area contributed by atoms with E-state index < -0.39 is 41.2 Å². The summed E-state index contributed by atoms with van der Waals surface area (Å²) < 4.78 is 53.4. The maximum Gasteiger partial charge on any atom is 0.430 e. The van der Waals surface area contributed by atoms with Gasteiger partial charge < -0.3 is 15.4 Å². The van der Waals surface area contributed by atoms with E-state index in [-0.39, 0.29) is 11.2 Å². The molecule has 0 saturated heterocycles. The van der Waals surface area contributed by atoms with Crippen molar-refractivity contribution < 1.29 is 27.5 Å². The minimum Gasteiger partial charge on any atom is -0.369 e. The second kappa shape index (κ2) is 7.04. The van der Waals surface area contributed by atoms with E-state index in [2.05, 4.69) is 9.97 Å². The Morgan fingerprint density at radius 2 is 1.75 bits per heavy atom. The topological polar surface area (TPSA) is 95.1 Å². The number of amides is 1. The molecule has 6 nitrogen and oxygen atoms in total. The molecule has 10 heteroatoms. The number of aromatic amines is 1. The van der Waals surface area contributed by atoms with Crippen LogP contribution in [0.4, 0.5) is 17.6 Å². The van der Waals surface area contributed by atoms with Gasteiger partial charge in [0.15, 0.2) is 0 Å². The van der Waals surface area contributed by atoms with E-state index in [9.17, 15) is 32.3 Å². The number of carbonyl (C=O) groups excluding carboxylic acids is 1. The van der Waals surface area contributed by atoms with Crippen molar-refractivity contribution in [1.29, 1.82) is 0 Å². The van der Waals surface area contributed by atoms with Crippen LogP contribution < -0.4 is 10.9 Å². The van der Waals surface area contributed by atoms with E-state index in [4.69, 9.17) is 0 Å². The number of H-pyrrole nitrogens is 1. The fourth-order valence-electron chi connectivity index (χ4n) is 2.63. The molecule has 0 saturated carbocycles. The molecule has 0 bridgehead atoms. The largest absolute Gasteiger partial charge is 0.430 e. The molecule has 0 aliphatic rings. The fraction of sp³-hybridized carbons (Fsp3) is 0.167. The maximum atomic E-state index is 13.5. The quantitative estimate of drug-likeness (QED) is 0.590. The Hall–Kier alpha value is -3.27. The van der Waals surface area contributed by atoms with E-state index in [1.54, 1.807) is 12.1 Å². The van der Waals surface area contributed by atoms with Crippen molar-refractivity contribution in [3.8, 4) is 0 Å². The second-order valence-corrected chi connectivity index (χ2v) is 5.93. The Bertz CT molecular complexity index is 1080. The molecular formula is C18H13F4N3O3. The summed E-state index contributed by atoms with van der Waals surface area (Å²) in [6.45, 7) is -0.571. The summed E-state index contributed by atoms with van der Waals surface area (Å²) in [6.07, 6.45) is -5.38. The molecule has 146 valence electrons. The number of aromatic nitrogens is 2. The zero-order valence-corrected chi connectivity index (χ0v) is 14.0. The standard InChI is InChI=1S/C18H13F4N3O3/c19-11-7-5-10(6-8-11)17(28,18(20,21)22)16(27)23-9-14-24-13-4-2-1-3-12(13)15(26)25-14/h1-8,28H,9H2,(H,23,27)(H,24,25,26). The monoisotopic (exact) mass is 395 g/mol. The van der Waals surface area contributed by atoms with Crippen molar-refractivity contribution in [1.82, 2.24) is 15.3 Å². The normalized spacial score (nSPS) is 13.9. The number of benzene rings is 2. The molecule has 0 aliphatic heterocycles. The van der Waals surface area contributed by atoms with Gasteiger partial charge in [0.25, 0.3) is 17.1 Å². The number of carbonyl (C=O) groups is 1. The molecule has 1 amide bonds. The molecule has 2 aromatic carbocycles. The number of fused-ring (bicyclic) bond motifs is 1. The fourth-order valence-corrected chi connectivity index (χ4v) is 2.63. The minimum atomic E-state index is -5.38. The average molecular weight is 395 g/mol. The number of nitrogens with zero attached hydrogens (tertiary/aromatic N) is 1. The highest BCUT2D eigenvalue weighted by molar-refractivity contribution is 5.87. The molecule has 1 heterocycles. The first-order valence-electron chi connectivity index (χ1n) is 7.94. The molecule has 28 heavy (non-hydrogen) atoms. The third kappa shape index (κ3) is 3.46. The Balaban J connectivity index is 1.89. The average Bonchev–Trinajstić information content (AvgIpc) is 2.65. The van der Waals surface area contributed by atoms with E-state index in [1.807, 2.05) is 5.32 Å². The summed E-state index contributed by atoms with van der Waals surface area (Å²) >= 11 is 0. The van der Waals surface area contributed by atoms with Gasteiger partial charge in [-0.2, -0.15) is 13.2 Å². The lowest BCUT2D eigenvalue weighted by Gasteiger charge is -2.29. The highest BCUT2D eigenvalue weighted by Gasteiger charge is 2.60. The lowest BCUT2D eigenvalue weighted by molar-refractivity contribution is -0.257. The number of nitrogens with one attached hydrogen (secondary N) is 2. The number of hydrogen-bond donors (Lipinski definition) is 3. The van der Waals surface area contributed by atoms with Crippen LogP contribution in [0.2, 0.25) is 0 Å². The summed E-state index contributed by atoms with van der Waals surface area (Å²) in [5.41, 5.74) is -4.99. The van der Waals surface area contributed by atoms with Crippen molar-refractivity contribution in [2.24, 2.45) is 0 Å². The molecule has 1 aromatic heterocycles. The first-order chi connectivity index (χ1) is 13.1. The molecule has 0 spiro atoms. The summed E-state index contributed by atoms with van der Waals surface area (Å²) in [4.78, 5) is 30.6. The SMILES string of the molecule is O=C(NCc1nc2ccccc2c(=O)[nH]1)C(O)(c1ccc(F)cc1)C(F)(F)F. The van der Waals surface area contributed by atoms with Crippen LogP contribution in [0.5, 0.6) is 0 Å². The minimum absolute atomic E-state index is 0.0966. The molecule has 1 unspecified atom stereocenters. The number of rotatable bonds is 4. The van der Waals surface area contributed by atoms with Gasteiger partial charge in [0.2, 0.25) is 0 Å². The number of hydrogen-bond acceptors (Lipinski definition) is 4. The van der Waals surface area contributed by atoms with Crippen molar-refractivity contribution >= 4 is 16.8 Å². The van der Waals surface area contributed by atoms with Gasteiger partial charge >= 0.3 is 6.18 Å². The van der Waals surface area contributed by atoms with Crippen LogP contribution in [0.15, 0.2) is 53.3 Å². The number of halogens is 4. The Morgan fingerprint density at radius 3 is 2.39 bits per heavy atom. The number of para-hydroxylation sites is 1. The van der Waals surface area contributed by atoms with Gasteiger partial charge in [-0.05, 0) is 24.3 Å². The molecule has 0 radical (unpaired) electrons. The van der Waals surface area contributed by atoms with E-state index in [1.165, 1.54) is 12.1 Å². The van der Waals surface area contributed by atoms with Crippen LogP contribution in [0, 0.1) is 5.82 Å². The van der Waals surface area contributed by atoms with Crippen LogP contribution >= 0.6 is 0 Å². The Labute approximate surface area is 154 Å². The summed E-state index contributed by atoms with van der Waals surface area (Å²) in [5, 5.41) is 12.3. The number of aliphatic hydroxyl groups is 1. The van der Waals surface area contributed by atoms with Crippen molar-refractivity contribution in [3.63, 3.8) is 0 Å². The van der Waals surface area contributed by atoms with Crippen molar-refractivity contribution in [2.75, 3.05) is 0 Å². The zero-order valence-electron chi connectivity index (χ0n) is 14.0. The van der Waals surface area contributed by atoms with Crippen molar-refractivity contribution in [3.05, 3.63) is 76.1 Å². The summed E-state index contributed by atoms with van der Waals surface area (Å²) in [7, 11) is 0. The molecule has 0 fully saturated rings. The lowest BCUT2D eigenvalue weighted by atomic mass is 9.92. The van der Waals surface area contributed by atoms with Crippen LogP contribution in [-0.4, -0.2) is 27.2 Å². The molecule has 3 N–H and O–H groups in total. The van der Waals surface area contributed by atoms with Crippen LogP contribution in [0.25, 0.3) is 10.9 Å². The van der Waals surface area contributed by atoms with Gasteiger partial charge in [-0.25, -0.2) is 9.37 Å². The van der Waals surface area contributed by atoms with Gasteiger partial charge in [0.05, 0.1) is 17.4 Å². The summed E-state index contributed by atoms with van der Waals surface area (Å²) in [6, 6.07) is 9.00. The van der Waals surface area contributed by atoms with E-state index in [0.29, 0.717) is 29.8 Å². The van der Waals surface area contributed by atoms with Gasteiger partial charge in [0.1, 0.15) is 11.6 Å². The molecule has 3 aromatic rings. The lowest BCUT2D eigenvalue weighted by Crippen LogP contribution is -2.54. The maximum absolute atomic E-state index is 13.5. The van der Waals surface area contributed by atoms with Gasteiger partial charge in [-0.3, -0.25) is 9.59 Å². The van der Waals surface area contributed by atoms with E-state index >= 15 is 0 Å². The zero-order chi connectivity index (χ0) is 20.5. The highest BCUT2D eigenvalue weighted by Crippen LogP contribution is 2.39. The van der Waals surface area contributed by atoms with Crippen LogP contribution in [0.1, 0.15) is 11.4 Å². The third-order valence-electron chi connectivity index (χ3n) is 4.08. The third-order valence-corrected chi connectivity index (χ3v) is 4.08. The van der Waals surface area contributed by atoms with Gasteiger partial charge in [-0.15, -0.1) is 0 Å². The molecular weight excluding hydrogens is 382 g/mol. The molecule has 0 aliphatic carbocycles. The predicted molar refractivity (Wildman–Crippen MR) is 90.6 cm³/mol. The first kappa shape index (κ1) is 19.5. The highest BCUT2D eigenvalue weighted by atomic mass is 19.4. The van der Waals surface area contributed by atoms with Gasteiger partial charge in [-0.1, -0.05) is 24.3 Å². The number of alkyl halides is 3. The van der Waals surface area contributed by atoms with Crippen LogP contribution in [-0.2, 0) is 16.9 Å². The summed E-state index contributed by atoms with van der Waals surface area (Å²) in [5.74, 6) is -2.71. The first-order valence-corrected chi connectivity index (χ1v) is 7.94. The Morgan fingerprint density at radius 1 is 1.11 bits per heavy atom. The smallest absolute Gasteiger partial charge is 0.369 e. The van der Waals surface area contributed by atoms with Gasteiger partial charge in [0, 0.05) is 5.56 Å². The Kier molecular flexibility index (Phi) is 4.90. The second-order valence-electron chi connectivity index (χ2n) is 5.93. The van der Waals surface area contributed by atoms with Crippen molar-refractivity contribution in [2.45, 2.75) is 18.3 Å². The van der Waals surface area contributed by atoms with Crippen LogP contribution in [0.3, 0.4) is 0 Å².